The van der Waals surface area contributed by atoms with E-state index in [1.165, 1.54) is 5.56 Å². The highest BCUT2D eigenvalue weighted by Gasteiger charge is 2.20. The van der Waals surface area contributed by atoms with Crippen LogP contribution in [0.15, 0.2) is 41.1 Å². The molecule has 2 aromatic heterocycles. The van der Waals surface area contributed by atoms with Crippen LogP contribution in [0.25, 0.3) is 11.1 Å². The van der Waals surface area contributed by atoms with E-state index in [0.717, 1.165) is 56.3 Å². The lowest BCUT2D eigenvalue weighted by Gasteiger charge is -2.33. The highest BCUT2D eigenvalue weighted by molar-refractivity contribution is 5.74. The van der Waals surface area contributed by atoms with E-state index in [9.17, 15) is 0 Å². The fourth-order valence-electron chi connectivity index (χ4n) is 2.86. The minimum absolute atomic E-state index is 0.746. The van der Waals surface area contributed by atoms with Crippen molar-refractivity contribution >= 4 is 17.1 Å². The van der Waals surface area contributed by atoms with Gasteiger partial charge in [0.1, 0.15) is 5.52 Å². The van der Waals surface area contributed by atoms with Gasteiger partial charge in [-0.1, -0.05) is 12.1 Å². The third-order valence-electron chi connectivity index (χ3n) is 4.20. The van der Waals surface area contributed by atoms with E-state index < -0.39 is 0 Å². The SMILES string of the molecule is c1ccc2oc(N3CCN(CCc4cn[nH]c4)CC3)nc2c1. The number of nitrogens with one attached hydrogen (secondary N) is 1. The number of oxazole rings is 1. The van der Waals surface area contributed by atoms with Crippen LogP contribution in [0.3, 0.4) is 0 Å². The highest BCUT2D eigenvalue weighted by Crippen LogP contribution is 2.22. The second-order valence-electron chi connectivity index (χ2n) is 5.65. The number of benzene rings is 1. The lowest BCUT2D eigenvalue weighted by molar-refractivity contribution is 0.256. The summed E-state index contributed by atoms with van der Waals surface area (Å²) < 4.78 is 5.85. The van der Waals surface area contributed by atoms with Gasteiger partial charge in [0.2, 0.25) is 0 Å². The molecule has 1 aliphatic heterocycles. The molecule has 1 aromatic carbocycles. The van der Waals surface area contributed by atoms with E-state index in [0.29, 0.717) is 0 Å². The maximum Gasteiger partial charge on any atom is 0.298 e. The first-order valence-corrected chi connectivity index (χ1v) is 7.69. The minimum atomic E-state index is 0.746. The summed E-state index contributed by atoms with van der Waals surface area (Å²) >= 11 is 0. The number of nitrogens with zero attached hydrogens (tertiary/aromatic N) is 4. The summed E-state index contributed by atoms with van der Waals surface area (Å²) in [4.78, 5) is 9.29. The molecule has 0 spiro atoms. The normalized spacial score (nSPS) is 16.5. The van der Waals surface area contributed by atoms with Gasteiger partial charge in [0.05, 0.1) is 6.20 Å². The lowest BCUT2D eigenvalue weighted by Crippen LogP contribution is -2.47. The van der Waals surface area contributed by atoms with Gasteiger partial charge in [-0.2, -0.15) is 10.1 Å². The Balaban J connectivity index is 1.35. The summed E-state index contributed by atoms with van der Waals surface area (Å²) in [5.41, 5.74) is 3.06. The van der Waals surface area contributed by atoms with Gasteiger partial charge in [-0.3, -0.25) is 10.00 Å². The molecule has 0 atom stereocenters. The molecule has 0 saturated carbocycles. The smallest absolute Gasteiger partial charge is 0.298 e. The van der Waals surface area contributed by atoms with Crippen molar-refractivity contribution in [3.63, 3.8) is 0 Å². The van der Waals surface area contributed by atoms with Crippen molar-refractivity contribution in [2.75, 3.05) is 37.6 Å². The van der Waals surface area contributed by atoms with E-state index in [1.54, 1.807) is 0 Å². The van der Waals surface area contributed by atoms with Crippen molar-refractivity contribution in [2.24, 2.45) is 0 Å². The van der Waals surface area contributed by atoms with Crippen molar-refractivity contribution in [1.29, 1.82) is 0 Å². The first kappa shape index (κ1) is 13.3. The number of para-hydroxylation sites is 2. The van der Waals surface area contributed by atoms with Crippen molar-refractivity contribution in [3.8, 4) is 0 Å². The first-order chi connectivity index (χ1) is 10.9. The Bertz CT molecular complexity index is 695. The molecule has 0 bridgehead atoms. The van der Waals surface area contributed by atoms with E-state index in [2.05, 4.69) is 25.0 Å². The molecule has 1 N–H and O–H groups in total. The van der Waals surface area contributed by atoms with Gasteiger partial charge in [-0.05, 0) is 24.1 Å². The van der Waals surface area contributed by atoms with Crippen LogP contribution in [0.2, 0.25) is 0 Å². The van der Waals surface area contributed by atoms with Crippen molar-refractivity contribution in [3.05, 3.63) is 42.2 Å². The quantitative estimate of drug-likeness (QED) is 0.797. The molecular weight excluding hydrogens is 278 g/mol. The molecule has 6 heteroatoms. The van der Waals surface area contributed by atoms with Gasteiger partial charge in [0.15, 0.2) is 5.58 Å². The third-order valence-corrected chi connectivity index (χ3v) is 4.20. The fourth-order valence-corrected chi connectivity index (χ4v) is 2.86. The van der Waals surface area contributed by atoms with Crippen LogP contribution >= 0.6 is 0 Å². The highest BCUT2D eigenvalue weighted by atomic mass is 16.4. The molecule has 0 aliphatic carbocycles. The molecule has 0 radical (unpaired) electrons. The van der Waals surface area contributed by atoms with E-state index in [4.69, 9.17) is 4.42 Å². The van der Waals surface area contributed by atoms with E-state index >= 15 is 0 Å². The second-order valence-corrected chi connectivity index (χ2v) is 5.65. The molecule has 4 rings (SSSR count). The topological polar surface area (TPSA) is 61.2 Å². The van der Waals surface area contributed by atoms with Crippen LogP contribution in [-0.2, 0) is 6.42 Å². The Morgan fingerprint density at radius 2 is 2.00 bits per heavy atom. The van der Waals surface area contributed by atoms with Gasteiger partial charge < -0.3 is 9.32 Å². The van der Waals surface area contributed by atoms with Gasteiger partial charge >= 0.3 is 0 Å². The van der Waals surface area contributed by atoms with Crippen LogP contribution in [0.5, 0.6) is 0 Å². The van der Waals surface area contributed by atoms with Gasteiger partial charge in [0, 0.05) is 38.9 Å². The third kappa shape index (κ3) is 2.69. The van der Waals surface area contributed by atoms with Crippen LogP contribution in [0.1, 0.15) is 5.56 Å². The molecule has 0 amide bonds. The molecule has 6 nitrogen and oxygen atoms in total. The minimum Gasteiger partial charge on any atom is -0.423 e. The number of H-pyrrole nitrogens is 1. The van der Waals surface area contributed by atoms with Crippen LogP contribution < -0.4 is 4.90 Å². The zero-order valence-electron chi connectivity index (χ0n) is 12.4. The molecule has 0 unspecified atom stereocenters. The number of aromatic nitrogens is 3. The molecule has 22 heavy (non-hydrogen) atoms. The Labute approximate surface area is 128 Å². The molecule has 3 aromatic rings. The molecule has 1 aliphatic rings. The summed E-state index contributed by atoms with van der Waals surface area (Å²) in [6.07, 6.45) is 4.91. The number of piperazine rings is 1. The number of aromatic amines is 1. The zero-order valence-corrected chi connectivity index (χ0v) is 12.4. The Morgan fingerprint density at radius 1 is 1.14 bits per heavy atom. The molecular formula is C16H19N5O. The Kier molecular flexibility index (Phi) is 3.52. The lowest BCUT2D eigenvalue weighted by atomic mass is 10.2. The molecule has 1 saturated heterocycles. The van der Waals surface area contributed by atoms with Crippen LogP contribution in [-0.4, -0.2) is 52.8 Å². The summed E-state index contributed by atoms with van der Waals surface area (Å²) in [6, 6.07) is 8.67. The Morgan fingerprint density at radius 3 is 2.77 bits per heavy atom. The fraction of sp³-hybridized carbons (Fsp3) is 0.375. The van der Waals surface area contributed by atoms with Crippen LogP contribution in [0, 0.1) is 0 Å². The predicted molar refractivity (Wildman–Crippen MR) is 85.0 cm³/mol. The second kappa shape index (κ2) is 5.81. The number of anilines is 1. The monoisotopic (exact) mass is 297 g/mol. The van der Waals surface area contributed by atoms with Crippen molar-refractivity contribution < 1.29 is 4.42 Å². The number of fused-ring (bicyclic) bond motifs is 1. The van der Waals surface area contributed by atoms with Gasteiger partial charge in [0.25, 0.3) is 6.01 Å². The number of rotatable bonds is 4. The van der Waals surface area contributed by atoms with Crippen molar-refractivity contribution in [1.82, 2.24) is 20.1 Å². The number of hydrogen-bond acceptors (Lipinski definition) is 5. The first-order valence-electron chi connectivity index (χ1n) is 7.69. The van der Waals surface area contributed by atoms with Crippen LogP contribution in [0.4, 0.5) is 6.01 Å². The predicted octanol–water partition coefficient (Wildman–Crippen LogP) is 1.92. The van der Waals surface area contributed by atoms with Crippen molar-refractivity contribution in [2.45, 2.75) is 6.42 Å². The van der Waals surface area contributed by atoms with Gasteiger partial charge in [-0.15, -0.1) is 0 Å². The summed E-state index contributed by atoms with van der Waals surface area (Å²) in [6.45, 7) is 5.06. The van der Waals surface area contributed by atoms with E-state index in [-0.39, 0.29) is 0 Å². The Hall–Kier alpha value is -2.34. The standard InChI is InChI=1S/C16H19N5O/c1-2-4-15-14(3-1)19-16(22-15)21-9-7-20(8-10-21)6-5-13-11-17-18-12-13/h1-4,11-12H,5-10H2,(H,17,18). The summed E-state index contributed by atoms with van der Waals surface area (Å²) in [5.74, 6) is 0. The van der Waals surface area contributed by atoms with Gasteiger partial charge in [-0.25, -0.2) is 0 Å². The zero-order chi connectivity index (χ0) is 14.8. The maximum atomic E-state index is 5.85. The summed E-state index contributed by atoms with van der Waals surface area (Å²) in [7, 11) is 0. The molecule has 1 fully saturated rings. The van der Waals surface area contributed by atoms with E-state index in [1.807, 2.05) is 36.7 Å². The molecule has 114 valence electrons. The average molecular weight is 297 g/mol. The largest absolute Gasteiger partial charge is 0.423 e. The number of hydrogen-bond donors (Lipinski definition) is 1. The molecule has 3 heterocycles. The summed E-state index contributed by atoms with van der Waals surface area (Å²) in [5, 5.41) is 6.85. The average Bonchev–Trinajstić information content (AvgIpc) is 3.22. The maximum absolute atomic E-state index is 5.85.